The highest BCUT2D eigenvalue weighted by molar-refractivity contribution is 5.83. The Balaban J connectivity index is 2.38. The minimum absolute atomic E-state index is 0.254. The van der Waals surface area contributed by atoms with Crippen LogP contribution in [0.15, 0.2) is 30.6 Å². The molecule has 0 aliphatic carbocycles. The Morgan fingerprint density at radius 2 is 2.13 bits per heavy atom. The second-order valence-corrected chi connectivity index (χ2v) is 2.86. The summed E-state index contributed by atoms with van der Waals surface area (Å²) in [6.45, 7) is -0.513. The monoisotopic (exact) mass is 203 g/mol. The molecule has 0 spiro atoms. The molecule has 0 bridgehead atoms. The number of aromatic nitrogens is 2. The number of fused-ring (bicyclic) bond motifs is 1. The molecule has 0 fully saturated rings. The number of carboxylic acid groups (broad SMARTS) is 1. The Hall–Kier alpha value is -2.17. The predicted molar refractivity (Wildman–Crippen MR) is 50.0 cm³/mol. The lowest BCUT2D eigenvalue weighted by atomic mass is 10.2. The molecular weight excluding hydrogens is 196 g/mol. The number of hydrogen-bond donors (Lipinski definition) is 0. The van der Waals surface area contributed by atoms with Gasteiger partial charge in [0.15, 0.2) is 0 Å². The third kappa shape index (κ3) is 2.01. The zero-order valence-corrected chi connectivity index (χ0v) is 7.71. The topological polar surface area (TPSA) is 75.1 Å². The molecule has 0 atom stereocenters. The van der Waals surface area contributed by atoms with Crippen molar-refractivity contribution in [1.29, 1.82) is 0 Å². The lowest BCUT2D eigenvalue weighted by Gasteiger charge is -2.07. The molecule has 5 nitrogen and oxygen atoms in total. The predicted octanol–water partition coefficient (Wildman–Crippen LogP) is -0.242. The van der Waals surface area contributed by atoms with Gasteiger partial charge in [-0.15, -0.1) is 0 Å². The van der Waals surface area contributed by atoms with Crippen LogP contribution in [0.2, 0.25) is 0 Å². The van der Waals surface area contributed by atoms with Gasteiger partial charge in [0, 0.05) is 0 Å². The smallest absolute Gasteiger partial charge is 0.224 e. The van der Waals surface area contributed by atoms with E-state index >= 15 is 0 Å². The van der Waals surface area contributed by atoms with Gasteiger partial charge in [0.2, 0.25) is 5.88 Å². The third-order valence-electron chi connectivity index (χ3n) is 1.83. The molecule has 0 aliphatic heterocycles. The van der Waals surface area contributed by atoms with Gasteiger partial charge in [-0.25, -0.2) is 9.97 Å². The fraction of sp³-hybridized carbons (Fsp3) is 0.100. The van der Waals surface area contributed by atoms with Crippen molar-refractivity contribution in [2.45, 2.75) is 0 Å². The maximum Gasteiger partial charge on any atom is 0.224 e. The zero-order chi connectivity index (χ0) is 10.7. The van der Waals surface area contributed by atoms with Gasteiger partial charge >= 0.3 is 0 Å². The molecule has 0 aliphatic rings. The second-order valence-electron chi connectivity index (χ2n) is 2.86. The number of aliphatic carboxylic acids is 1. The lowest BCUT2D eigenvalue weighted by molar-refractivity contribution is -0.307. The summed E-state index contributed by atoms with van der Waals surface area (Å²) in [6.07, 6.45) is 1.33. The number of benzene rings is 1. The van der Waals surface area contributed by atoms with E-state index in [4.69, 9.17) is 4.74 Å². The number of para-hydroxylation sites is 1. The van der Waals surface area contributed by atoms with E-state index in [9.17, 15) is 9.90 Å². The summed E-state index contributed by atoms with van der Waals surface area (Å²) < 4.78 is 4.97. The van der Waals surface area contributed by atoms with E-state index in [0.29, 0.717) is 10.9 Å². The molecule has 2 rings (SSSR count). The van der Waals surface area contributed by atoms with Crippen molar-refractivity contribution in [3.8, 4) is 5.88 Å². The Morgan fingerprint density at radius 1 is 1.33 bits per heavy atom. The Kier molecular flexibility index (Phi) is 2.45. The van der Waals surface area contributed by atoms with Crippen molar-refractivity contribution < 1.29 is 14.6 Å². The van der Waals surface area contributed by atoms with Crippen LogP contribution < -0.4 is 9.84 Å². The van der Waals surface area contributed by atoms with Gasteiger partial charge in [0.05, 0.1) is 16.9 Å². The molecule has 76 valence electrons. The Morgan fingerprint density at radius 3 is 2.93 bits per heavy atom. The number of carbonyl (C=O) groups is 1. The molecule has 0 saturated carbocycles. The van der Waals surface area contributed by atoms with Gasteiger partial charge in [0.25, 0.3) is 0 Å². The summed E-state index contributed by atoms with van der Waals surface area (Å²) in [5.74, 6) is -1.03. The Bertz CT molecular complexity index is 493. The van der Waals surface area contributed by atoms with E-state index in [2.05, 4.69) is 9.97 Å². The summed E-state index contributed by atoms with van der Waals surface area (Å²) in [7, 11) is 0. The average Bonchev–Trinajstić information content (AvgIpc) is 2.26. The van der Waals surface area contributed by atoms with Gasteiger partial charge in [-0.3, -0.25) is 0 Å². The van der Waals surface area contributed by atoms with Crippen molar-refractivity contribution in [3.63, 3.8) is 0 Å². The highest BCUT2D eigenvalue weighted by Gasteiger charge is 2.03. The standard InChI is InChI=1S/C10H8N2O3/c13-9(14)5-15-10-7-3-1-2-4-8(7)11-6-12-10/h1-4,6H,5H2,(H,13,14)/p-1. The van der Waals surface area contributed by atoms with E-state index < -0.39 is 12.6 Å². The molecule has 0 radical (unpaired) electrons. The van der Waals surface area contributed by atoms with Crippen molar-refractivity contribution >= 4 is 16.9 Å². The van der Waals surface area contributed by atoms with Crippen molar-refractivity contribution in [1.82, 2.24) is 9.97 Å². The normalized spacial score (nSPS) is 10.1. The molecule has 1 aromatic heterocycles. The van der Waals surface area contributed by atoms with Gasteiger partial charge in [0.1, 0.15) is 12.9 Å². The van der Waals surface area contributed by atoms with E-state index in [0.717, 1.165) is 0 Å². The van der Waals surface area contributed by atoms with E-state index in [1.54, 1.807) is 18.2 Å². The van der Waals surface area contributed by atoms with Crippen molar-refractivity contribution in [2.24, 2.45) is 0 Å². The van der Waals surface area contributed by atoms with Crippen LogP contribution in [0.5, 0.6) is 5.88 Å². The first-order valence-electron chi connectivity index (χ1n) is 4.30. The summed E-state index contributed by atoms with van der Waals surface area (Å²) in [5, 5.41) is 10.9. The van der Waals surface area contributed by atoms with E-state index in [-0.39, 0.29) is 5.88 Å². The van der Waals surface area contributed by atoms with Crippen LogP contribution in [-0.4, -0.2) is 22.5 Å². The Labute approximate surface area is 85.4 Å². The van der Waals surface area contributed by atoms with Crippen LogP contribution in [0.1, 0.15) is 0 Å². The van der Waals surface area contributed by atoms with Crippen LogP contribution in [0, 0.1) is 0 Å². The summed E-state index contributed by atoms with van der Waals surface area (Å²) >= 11 is 0. The largest absolute Gasteiger partial charge is 0.546 e. The van der Waals surface area contributed by atoms with Crippen molar-refractivity contribution in [3.05, 3.63) is 30.6 Å². The van der Waals surface area contributed by atoms with Crippen LogP contribution in [0.25, 0.3) is 10.9 Å². The summed E-state index contributed by atoms with van der Waals surface area (Å²) in [6, 6.07) is 7.19. The number of carboxylic acids is 1. The molecule has 15 heavy (non-hydrogen) atoms. The highest BCUT2D eigenvalue weighted by atomic mass is 16.5. The van der Waals surface area contributed by atoms with Gasteiger partial charge < -0.3 is 14.6 Å². The first-order valence-corrected chi connectivity index (χ1v) is 4.30. The first kappa shape index (κ1) is 9.39. The van der Waals surface area contributed by atoms with Crippen molar-refractivity contribution in [2.75, 3.05) is 6.61 Å². The number of carbonyl (C=O) groups excluding carboxylic acids is 1. The lowest BCUT2D eigenvalue weighted by Crippen LogP contribution is -2.29. The number of ether oxygens (including phenoxy) is 1. The molecule has 5 heteroatoms. The highest BCUT2D eigenvalue weighted by Crippen LogP contribution is 2.19. The van der Waals surface area contributed by atoms with E-state index in [1.807, 2.05) is 6.07 Å². The van der Waals surface area contributed by atoms with Gasteiger partial charge in [-0.05, 0) is 12.1 Å². The molecular formula is C10H7N2O3-. The van der Waals surface area contributed by atoms with Crippen LogP contribution >= 0.6 is 0 Å². The third-order valence-corrected chi connectivity index (χ3v) is 1.83. The fourth-order valence-corrected chi connectivity index (χ4v) is 1.22. The molecule has 2 aromatic rings. The number of rotatable bonds is 3. The molecule has 1 heterocycles. The average molecular weight is 203 g/mol. The van der Waals surface area contributed by atoms with Gasteiger partial charge in [-0.2, -0.15) is 0 Å². The minimum Gasteiger partial charge on any atom is -0.546 e. The van der Waals surface area contributed by atoms with Crippen LogP contribution in [0.4, 0.5) is 0 Å². The first-order chi connectivity index (χ1) is 7.27. The maximum atomic E-state index is 10.2. The molecule has 0 unspecified atom stereocenters. The SMILES string of the molecule is O=C([O-])COc1ncnc2ccccc12. The maximum absolute atomic E-state index is 10.2. The fourth-order valence-electron chi connectivity index (χ4n) is 1.22. The summed E-state index contributed by atoms with van der Waals surface area (Å²) in [4.78, 5) is 18.1. The minimum atomic E-state index is -1.28. The zero-order valence-electron chi connectivity index (χ0n) is 7.71. The second kappa shape index (κ2) is 3.91. The van der Waals surface area contributed by atoms with E-state index in [1.165, 1.54) is 6.33 Å². The quantitative estimate of drug-likeness (QED) is 0.688. The molecule has 0 saturated heterocycles. The van der Waals surface area contributed by atoms with Crippen LogP contribution in [0.3, 0.4) is 0 Å². The molecule has 1 aromatic carbocycles. The van der Waals surface area contributed by atoms with Crippen LogP contribution in [-0.2, 0) is 4.79 Å². The summed E-state index contributed by atoms with van der Waals surface area (Å²) in [5.41, 5.74) is 0.709. The molecule has 0 N–H and O–H groups in total. The number of hydrogen-bond acceptors (Lipinski definition) is 5. The van der Waals surface area contributed by atoms with Gasteiger partial charge in [-0.1, -0.05) is 12.1 Å². The number of nitrogens with zero attached hydrogens (tertiary/aromatic N) is 2. The molecule has 0 amide bonds.